The van der Waals surface area contributed by atoms with Gasteiger partial charge >= 0.3 is 0 Å². The maximum atomic E-state index is 14.4. The predicted octanol–water partition coefficient (Wildman–Crippen LogP) is 4.26. The summed E-state index contributed by atoms with van der Waals surface area (Å²) in [5.74, 6) is 1.19. The Morgan fingerprint density at radius 1 is 1.09 bits per heavy atom. The Labute approximate surface area is 195 Å². The Hall–Kier alpha value is -2.86. The average Bonchev–Trinajstić information content (AvgIpc) is 3.39. The van der Waals surface area contributed by atoms with E-state index in [2.05, 4.69) is 41.9 Å². The van der Waals surface area contributed by atoms with Crippen LogP contribution in [0.4, 0.5) is 4.39 Å². The molecule has 0 aliphatic carbocycles. The van der Waals surface area contributed by atoms with Gasteiger partial charge in [0.25, 0.3) is 5.91 Å². The van der Waals surface area contributed by atoms with Crippen molar-refractivity contribution in [1.82, 2.24) is 14.7 Å². The molecule has 1 aromatic carbocycles. The van der Waals surface area contributed by atoms with Gasteiger partial charge in [0.05, 0.1) is 12.8 Å². The zero-order chi connectivity index (χ0) is 23.1. The van der Waals surface area contributed by atoms with Crippen LogP contribution in [0.3, 0.4) is 0 Å². The van der Waals surface area contributed by atoms with Gasteiger partial charge in [0.15, 0.2) is 11.6 Å². The summed E-state index contributed by atoms with van der Waals surface area (Å²) in [7, 11) is 1.45. The molecule has 0 radical (unpaired) electrons. The number of fused-ring (bicyclic) bond motifs is 2. The molecule has 4 aliphatic heterocycles. The monoisotopic (exact) mass is 449 g/mol. The third-order valence-corrected chi connectivity index (χ3v) is 7.55. The lowest BCUT2D eigenvalue weighted by atomic mass is 9.89. The number of rotatable bonds is 4. The van der Waals surface area contributed by atoms with Crippen LogP contribution in [0.5, 0.6) is 5.75 Å². The van der Waals surface area contributed by atoms with Crippen LogP contribution in [0.2, 0.25) is 0 Å². The highest BCUT2D eigenvalue weighted by molar-refractivity contribution is 5.98. The maximum absolute atomic E-state index is 14.4. The van der Waals surface area contributed by atoms with Crippen molar-refractivity contribution in [2.75, 3.05) is 39.8 Å². The van der Waals surface area contributed by atoms with E-state index in [1.165, 1.54) is 26.3 Å². The zero-order valence-electron chi connectivity index (χ0n) is 19.6. The van der Waals surface area contributed by atoms with Crippen LogP contribution in [-0.4, -0.2) is 60.4 Å². The summed E-state index contributed by atoms with van der Waals surface area (Å²) in [6.07, 6.45) is 10.7. The van der Waals surface area contributed by atoms with Crippen LogP contribution >= 0.6 is 0 Å². The smallest absolute Gasteiger partial charge is 0.255 e. The summed E-state index contributed by atoms with van der Waals surface area (Å²) >= 11 is 0. The van der Waals surface area contributed by atoms with Crippen molar-refractivity contribution in [3.63, 3.8) is 0 Å². The van der Waals surface area contributed by atoms with Gasteiger partial charge < -0.3 is 14.5 Å². The fourth-order valence-corrected chi connectivity index (χ4v) is 5.59. The van der Waals surface area contributed by atoms with Gasteiger partial charge in [0, 0.05) is 44.2 Å². The summed E-state index contributed by atoms with van der Waals surface area (Å²) < 4.78 is 19.4. The lowest BCUT2D eigenvalue weighted by Crippen LogP contribution is -2.32. The number of hydrogen-bond donors (Lipinski definition) is 0. The third kappa shape index (κ3) is 4.12. The van der Waals surface area contributed by atoms with Gasteiger partial charge in [-0.25, -0.2) is 4.39 Å². The van der Waals surface area contributed by atoms with E-state index < -0.39 is 5.82 Å². The Balaban J connectivity index is 1.39. The van der Waals surface area contributed by atoms with E-state index in [0.717, 1.165) is 48.6 Å². The van der Waals surface area contributed by atoms with Gasteiger partial charge in [0.2, 0.25) is 0 Å². The quantitative estimate of drug-likeness (QED) is 0.688. The molecular formula is C27H32FN3O2. The number of methoxy groups -OCH3 is 1. The zero-order valence-corrected chi connectivity index (χ0v) is 19.6. The molecule has 1 amide bonds. The molecule has 33 heavy (non-hydrogen) atoms. The topological polar surface area (TPSA) is 36.0 Å². The second kappa shape index (κ2) is 8.82. The molecule has 0 saturated carbocycles. The molecule has 0 bridgehead atoms. The van der Waals surface area contributed by atoms with Crippen molar-refractivity contribution < 1.29 is 13.9 Å². The number of carbonyl (C=O) groups excluding carboxylic acids is 1. The normalized spacial score (nSPS) is 27.5. The summed E-state index contributed by atoms with van der Waals surface area (Å²) in [4.78, 5) is 20.1. The number of carbonyl (C=O) groups is 1. The maximum Gasteiger partial charge on any atom is 0.255 e. The number of halogens is 1. The van der Waals surface area contributed by atoms with Crippen molar-refractivity contribution in [2.24, 2.45) is 17.8 Å². The van der Waals surface area contributed by atoms with Gasteiger partial charge in [-0.3, -0.25) is 9.69 Å². The molecule has 0 aromatic heterocycles. The number of amides is 1. The number of hydrogen-bond acceptors (Lipinski definition) is 4. The minimum Gasteiger partial charge on any atom is -0.494 e. The standard InChI is InChI=1S/C27H32FN3O2/c1-4-29-13-20-15-30(16-21(20)14-29)23-9-8-22-7-5-18(2)24(12-27(32)31(22)17-23)19-6-10-26(33-3)25(28)11-19/h6-12,17-18,20-21H,4-5,13-16H2,1-3H3. The molecule has 2 fully saturated rings. The van der Waals surface area contributed by atoms with Crippen molar-refractivity contribution in [3.8, 4) is 5.75 Å². The molecule has 6 heteroatoms. The van der Waals surface area contributed by atoms with E-state index in [0.29, 0.717) is 11.8 Å². The molecule has 0 spiro atoms. The molecule has 1 aromatic rings. The molecule has 3 atom stereocenters. The average molecular weight is 450 g/mol. The van der Waals surface area contributed by atoms with Crippen LogP contribution in [-0.2, 0) is 4.79 Å². The fraction of sp³-hybridized carbons (Fsp3) is 0.444. The van der Waals surface area contributed by atoms with Gasteiger partial charge in [-0.05, 0) is 66.1 Å². The lowest BCUT2D eigenvalue weighted by molar-refractivity contribution is -0.122. The second-order valence-electron chi connectivity index (χ2n) is 9.59. The van der Waals surface area contributed by atoms with E-state index >= 15 is 0 Å². The van der Waals surface area contributed by atoms with Gasteiger partial charge in [-0.2, -0.15) is 0 Å². The number of likely N-dealkylation sites (tertiary alicyclic amines) is 2. The predicted molar refractivity (Wildman–Crippen MR) is 128 cm³/mol. The highest BCUT2D eigenvalue weighted by Gasteiger charge is 2.40. The van der Waals surface area contributed by atoms with Crippen LogP contribution in [0, 0.1) is 23.6 Å². The molecule has 4 heterocycles. The largest absolute Gasteiger partial charge is 0.494 e. The molecule has 5 nitrogen and oxygen atoms in total. The van der Waals surface area contributed by atoms with E-state index in [4.69, 9.17) is 4.74 Å². The summed E-state index contributed by atoms with van der Waals surface area (Å²) in [5, 5.41) is 0. The van der Waals surface area contributed by atoms with Crippen LogP contribution < -0.4 is 4.74 Å². The SMILES string of the molecule is CCN1CC2CN(C3=CN4C(=O)C=C(c5ccc(OC)c(F)c5)C(C)CC=C4C=C3)CC2C1. The van der Waals surface area contributed by atoms with Crippen molar-refractivity contribution >= 4 is 11.5 Å². The highest BCUT2D eigenvalue weighted by atomic mass is 19.1. The van der Waals surface area contributed by atoms with E-state index in [1.807, 2.05) is 12.3 Å². The number of allylic oxidation sites excluding steroid dienone is 4. The number of nitrogens with zero attached hydrogens (tertiary/aromatic N) is 3. The molecule has 5 rings (SSSR count). The van der Waals surface area contributed by atoms with Crippen LogP contribution in [0.1, 0.15) is 25.8 Å². The minimum absolute atomic E-state index is 0.0923. The first-order valence-corrected chi connectivity index (χ1v) is 11.9. The molecule has 2 saturated heterocycles. The Morgan fingerprint density at radius 3 is 2.48 bits per heavy atom. The van der Waals surface area contributed by atoms with Crippen molar-refractivity contribution in [1.29, 1.82) is 0 Å². The first-order valence-electron chi connectivity index (χ1n) is 11.9. The summed E-state index contributed by atoms with van der Waals surface area (Å²) in [6.45, 7) is 9.86. The van der Waals surface area contributed by atoms with Crippen molar-refractivity contribution in [3.05, 3.63) is 71.5 Å². The number of benzene rings is 1. The summed E-state index contributed by atoms with van der Waals surface area (Å²) in [5.41, 5.74) is 3.56. The first kappa shape index (κ1) is 22.0. The summed E-state index contributed by atoms with van der Waals surface area (Å²) in [6, 6.07) is 4.90. The third-order valence-electron chi connectivity index (χ3n) is 7.55. The molecular weight excluding hydrogens is 417 g/mol. The van der Waals surface area contributed by atoms with E-state index in [1.54, 1.807) is 17.0 Å². The van der Waals surface area contributed by atoms with Gasteiger partial charge in [0.1, 0.15) is 0 Å². The molecule has 174 valence electrons. The minimum atomic E-state index is -0.418. The van der Waals surface area contributed by atoms with Crippen LogP contribution in [0.15, 0.2) is 60.1 Å². The van der Waals surface area contributed by atoms with E-state index in [9.17, 15) is 9.18 Å². The first-order chi connectivity index (χ1) is 16.0. The van der Waals surface area contributed by atoms with Crippen LogP contribution in [0.25, 0.3) is 5.57 Å². The molecule has 3 unspecified atom stereocenters. The van der Waals surface area contributed by atoms with Gasteiger partial charge in [-0.1, -0.05) is 26.0 Å². The molecule has 0 N–H and O–H groups in total. The van der Waals surface area contributed by atoms with Gasteiger partial charge in [-0.15, -0.1) is 0 Å². The Bertz CT molecular complexity index is 1060. The number of ether oxygens (including phenoxy) is 1. The lowest BCUT2D eigenvalue weighted by Gasteiger charge is -2.31. The fourth-order valence-electron chi connectivity index (χ4n) is 5.59. The van der Waals surface area contributed by atoms with E-state index in [-0.39, 0.29) is 17.6 Å². The Kier molecular flexibility index (Phi) is 5.87. The second-order valence-corrected chi connectivity index (χ2v) is 9.59. The highest BCUT2D eigenvalue weighted by Crippen LogP contribution is 2.36. The Morgan fingerprint density at radius 2 is 1.82 bits per heavy atom. The van der Waals surface area contributed by atoms with Crippen molar-refractivity contribution in [2.45, 2.75) is 20.3 Å². The molecule has 4 aliphatic rings.